The van der Waals surface area contributed by atoms with Crippen molar-refractivity contribution in [3.8, 4) is 0 Å². The molecule has 2 rings (SSSR count). The third kappa shape index (κ3) is 4.68. The average Bonchev–Trinajstić information content (AvgIpc) is 2.44. The topological polar surface area (TPSA) is 26.7 Å². The van der Waals surface area contributed by atoms with Crippen molar-refractivity contribution in [3.63, 3.8) is 0 Å². The molecule has 19 heavy (non-hydrogen) atoms. The Morgan fingerprint density at radius 3 is 2.53 bits per heavy atom. The molecule has 0 unspecified atom stereocenters. The van der Waals surface area contributed by atoms with Crippen LogP contribution in [0.5, 0.6) is 0 Å². The minimum absolute atomic E-state index is 0.322. The van der Waals surface area contributed by atoms with Gasteiger partial charge >= 0.3 is 0 Å². The first-order valence-corrected chi connectivity index (χ1v) is 7.51. The van der Waals surface area contributed by atoms with E-state index in [0.29, 0.717) is 6.61 Å². The Balaban J connectivity index is 1.73. The van der Waals surface area contributed by atoms with E-state index in [1.54, 1.807) is 0 Å². The van der Waals surface area contributed by atoms with Gasteiger partial charge in [0.15, 0.2) is 0 Å². The summed E-state index contributed by atoms with van der Waals surface area (Å²) in [5.41, 5.74) is 1.23. The van der Waals surface area contributed by atoms with Gasteiger partial charge in [-0.2, -0.15) is 0 Å². The van der Waals surface area contributed by atoms with Crippen LogP contribution in [0.25, 0.3) is 0 Å². The molecule has 0 saturated carbocycles. The molecule has 3 nitrogen and oxygen atoms in total. The summed E-state index contributed by atoms with van der Waals surface area (Å²) in [6.07, 6.45) is 3.26. The predicted octanol–water partition coefficient (Wildman–Crippen LogP) is 2.62. The van der Waals surface area contributed by atoms with E-state index >= 15 is 0 Å². The fraction of sp³-hybridized carbons (Fsp3) is 0.600. The molecule has 0 amide bonds. The van der Waals surface area contributed by atoms with E-state index in [1.807, 2.05) is 18.2 Å². The molecule has 0 bridgehead atoms. The highest BCUT2D eigenvalue weighted by atomic mass is 35.5. The summed E-state index contributed by atoms with van der Waals surface area (Å²) in [6, 6.07) is 8.10. The van der Waals surface area contributed by atoms with Gasteiger partial charge in [-0.15, -0.1) is 0 Å². The Bertz CT molecular complexity index is 378. The predicted molar refractivity (Wildman–Crippen MR) is 81.0 cm³/mol. The maximum atomic E-state index is 8.76. The zero-order valence-corrected chi connectivity index (χ0v) is 12.1. The molecule has 1 N–H and O–H groups in total. The number of anilines is 1. The van der Waals surface area contributed by atoms with E-state index in [-0.39, 0.29) is 0 Å². The summed E-state index contributed by atoms with van der Waals surface area (Å²) in [5, 5.41) is 9.56. The molecule has 0 spiro atoms. The molecule has 0 aliphatic carbocycles. The first-order valence-electron chi connectivity index (χ1n) is 7.13. The molecular weight excluding hydrogens is 260 g/mol. The third-order valence-electron chi connectivity index (χ3n) is 3.68. The molecule has 0 aromatic heterocycles. The van der Waals surface area contributed by atoms with E-state index < -0.39 is 0 Å². The largest absolute Gasteiger partial charge is 0.396 e. The number of aliphatic hydroxyl groups is 1. The molecule has 1 saturated heterocycles. The highest BCUT2D eigenvalue weighted by Gasteiger charge is 2.16. The Labute approximate surface area is 120 Å². The number of piperazine rings is 1. The second-order valence-electron chi connectivity index (χ2n) is 5.09. The molecule has 1 aromatic rings. The number of halogens is 1. The van der Waals surface area contributed by atoms with Gasteiger partial charge in [0, 0.05) is 43.5 Å². The maximum Gasteiger partial charge on any atom is 0.0431 e. The van der Waals surface area contributed by atoms with Gasteiger partial charge in [-0.25, -0.2) is 0 Å². The molecule has 1 aliphatic rings. The van der Waals surface area contributed by atoms with E-state index in [4.69, 9.17) is 16.7 Å². The highest BCUT2D eigenvalue weighted by Crippen LogP contribution is 2.20. The van der Waals surface area contributed by atoms with Gasteiger partial charge in [0.2, 0.25) is 0 Å². The van der Waals surface area contributed by atoms with Crippen molar-refractivity contribution < 1.29 is 5.11 Å². The van der Waals surface area contributed by atoms with Crippen molar-refractivity contribution in [2.24, 2.45) is 0 Å². The molecule has 1 heterocycles. The maximum absolute atomic E-state index is 8.76. The Kier molecular flexibility index (Phi) is 5.95. The molecule has 4 heteroatoms. The molecule has 1 aliphatic heterocycles. The lowest BCUT2D eigenvalue weighted by Crippen LogP contribution is -2.46. The number of unbranched alkanes of at least 4 members (excludes halogenated alkanes) is 2. The number of hydrogen-bond donors (Lipinski definition) is 1. The standard InChI is InChI=1S/C15H23ClN2O/c16-14-5-4-6-15(13-14)18-10-8-17(9-11-18)7-2-1-3-12-19/h4-6,13,19H,1-3,7-12H2. The summed E-state index contributed by atoms with van der Waals surface area (Å²) >= 11 is 6.03. The summed E-state index contributed by atoms with van der Waals surface area (Å²) in [5.74, 6) is 0. The molecule has 0 atom stereocenters. The number of nitrogens with zero attached hydrogens (tertiary/aromatic N) is 2. The quantitative estimate of drug-likeness (QED) is 0.813. The van der Waals surface area contributed by atoms with Crippen LogP contribution in [0.1, 0.15) is 19.3 Å². The Morgan fingerprint density at radius 2 is 1.84 bits per heavy atom. The fourth-order valence-corrected chi connectivity index (χ4v) is 2.71. The molecule has 1 aromatic carbocycles. The zero-order chi connectivity index (χ0) is 13.5. The van der Waals surface area contributed by atoms with Gasteiger partial charge in [-0.3, -0.25) is 4.90 Å². The van der Waals surface area contributed by atoms with Crippen molar-refractivity contribution >= 4 is 17.3 Å². The highest BCUT2D eigenvalue weighted by molar-refractivity contribution is 6.30. The number of hydrogen-bond acceptors (Lipinski definition) is 3. The van der Waals surface area contributed by atoms with Crippen LogP contribution in [0.15, 0.2) is 24.3 Å². The lowest BCUT2D eigenvalue weighted by atomic mass is 10.2. The first-order chi connectivity index (χ1) is 9.29. The van der Waals surface area contributed by atoms with Gasteiger partial charge < -0.3 is 10.0 Å². The lowest BCUT2D eigenvalue weighted by Gasteiger charge is -2.36. The van der Waals surface area contributed by atoms with Crippen LogP contribution < -0.4 is 4.90 Å². The monoisotopic (exact) mass is 282 g/mol. The van der Waals surface area contributed by atoms with Crippen molar-refractivity contribution in [3.05, 3.63) is 29.3 Å². The summed E-state index contributed by atoms with van der Waals surface area (Å²) in [4.78, 5) is 4.91. The fourth-order valence-electron chi connectivity index (χ4n) is 2.53. The minimum Gasteiger partial charge on any atom is -0.396 e. The van der Waals surface area contributed by atoms with Crippen molar-refractivity contribution in [1.29, 1.82) is 0 Å². The molecule has 0 radical (unpaired) electrons. The Hall–Kier alpha value is -0.770. The summed E-state index contributed by atoms with van der Waals surface area (Å²) < 4.78 is 0. The smallest absolute Gasteiger partial charge is 0.0431 e. The number of benzene rings is 1. The third-order valence-corrected chi connectivity index (χ3v) is 3.91. The van der Waals surface area contributed by atoms with Gasteiger partial charge in [0.25, 0.3) is 0 Å². The van der Waals surface area contributed by atoms with E-state index in [0.717, 1.165) is 50.6 Å². The Morgan fingerprint density at radius 1 is 1.05 bits per heavy atom. The van der Waals surface area contributed by atoms with Gasteiger partial charge in [-0.1, -0.05) is 17.7 Å². The van der Waals surface area contributed by atoms with Crippen LogP contribution in [0.2, 0.25) is 5.02 Å². The zero-order valence-electron chi connectivity index (χ0n) is 11.4. The van der Waals surface area contributed by atoms with Gasteiger partial charge in [0.05, 0.1) is 0 Å². The van der Waals surface area contributed by atoms with Gasteiger partial charge in [-0.05, 0) is 44.0 Å². The van der Waals surface area contributed by atoms with Crippen molar-refractivity contribution in [2.45, 2.75) is 19.3 Å². The van der Waals surface area contributed by atoms with Crippen LogP contribution in [0.4, 0.5) is 5.69 Å². The van der Waals surface area contributed by atoms with E-state index in [1.165, 1.54) is 12.1 Å². The summed E-state index contributed by atoms with van der Waals surface area (Å²) in [7, 11) is 0. The normalized spacial score (nSPS) is 16.8. The van der Waals surface area contributed by atoms with Crippen LogP contribution in [0.3, 0.4) is 0 Å². The first kappa shape index (κ1) is 14.6. The van der Waals surface area contributed by atoms with Crippen LogP contribution in [-0.2, 0) is 0 Å². The van der Waals surface area contributed by atoms with Crippen molar-refractivity contribution in [1.82, 2.24) is 4.90 Å². The number of aliphatic hydroxyl groups excluding tert-OH is 1. The minimum atomic E-state index is 0.322. The van der Waals surface area contributed by atoms with Crippen LogP contribution in [-0.4, -0.2) is 49.3 Å². The molecular formula is C15H23ClN2O. The molecule has 106 valence electrons. The van der Waals surface area contributed by atoms with Gasteiger partial charge in [0.1, 0.15) is 0 Å². The second kappa shape index (κ2) is 7.73. The van der Waals surface area contributed by atoms with Crippen LogP contribution >= 0.6 is 11.6 Å². The van der Waals surface area contributed by atoms with Crippen LogP contribution in [0, 0.1) is 0 Å². The second-order valence-corrected chi connectivity index (χ2v) is 5.53. The lowest BCUT2D eigenvalue weighted by molar-refractivity contribution is 0.242. The average molecular weight is 283 g/mol. The molecule has 1 fully saturated rings. The SMILES string of the molecule is OCCCCCN1CCN(c2cccc(Cl)c2)CC1. The van der Waals surface area contributed by atoms with Crippen molar-refractivity contribution in [2.75, 3.05) is 44.2 Å². The van der Waals surface area contributed by atoms with E-state index in [9.17, 15) is 0 Å². The van der Waals surface area contributed by atoms with E-state index in [2.05, 4.69) is 15.9 Å². The number of rotatable bonds is 6. The summed E-state index contributed by atoms with van der Waals surface area (Å²) in [6.45, 7) is 5.85.